The van der Waals surface area contributed by atoms with Crippen LogP contribution < -0.4 is 14.8 Å². The summed E-state index contributed by atoms with van der Waals surface area (Å²) in [6, 6.07) is 1.65. The van der Waals surface area contributed by atoms with E-state index in [1.807, 2.05) is 0 Å². The van der Waals surface area contributed by atoms with Gasteiger partial charge in [-0.05, 0) is 18.8 Å². The topological polar surface area (TPSA) is 56.3 Å². The molecule has 0 unspecified atom stereocenters. The second-order valence-corrected chi connectivity index (χ2v) is 4.24. The highest BCUT2D eigenvalue weighted by Crippen LogP contribution is 2.17. The first-order valence-electron chi connectivity index (χ1n) is 5.86. The number of nitrogens with one attached hydrogen (secondary N) is 1. The number of methoxy groups -OCH3 is 2. The molecule has 1 heterocycles. The van der Waals surface area contributed by atoms with Crippen LogP contribution in [0.2, 0.25) is 0 Å². The molecule has 0 spiro atoms. The Kier molecular flexibility index (Phi) is 5.52. The Hall–Kier alpha value is -1.52. The molecule has 5 heteroatoms. The Balaban J connectivity index is 2.51. The third kappa shape index (κ3) is 4.89. The van der Waals surface area contributed by atoms with Crippen LogP contribution in [0.1, 0.15) is 26.7 Å². The average Bonchev–Trinajstić information content (AvgIpc) is 2.34. The number of ether oxygens (including phenoxy) is 2. The Bertz CT molecular complexity index is 320. The van der Waals surface area contributed by atoms with Crippen molar-refractivity contribution in [1.82, 2.24) is 9.97 Å². The predicted molar refractivity (Wildman–Crippen MR) is 67.7 cm³/mol. The number of nitrogens with zero attached hydrogens (tertiary/aromatic N) is 2. The molecule has 0 saturated carbocycles. The second kappa shape index (κ2) is 6.93. The zero-order valence-electron chi connectivity index (χ0n) is 11.0. The summed E-state index contributed by atoms with van der Waals surface area (Å²) in [7, 11) is 3.15. The van der Waals surface area contributed by atoms with Gasteiger partial charge in [0.2, 0.25) is 17.7 Å². The minimum atomic E-state index is 0.503. The summed E-state index contributed by atoms with van der Waals surface area (Å²) in [5.74, 6) is 2.27. The van der Waals surface area contributed by atoms with E-state index in [9.17, 15) is 0 Å². The predicted octanol–water partition coefficient (Wildman–Crippen LogP) is 2.34. The summed E-state index contributed by atoms with van der Waals surface area (Å²) < 4.78 is 10.1. The van der Waals surface area contributed by atoms with Crippen LogP contribution in [0.25, 0.3) is 0 Å². The van der Waals surface area contributed by atoms with Gasteiger partial charge in [0.15, 0.2) is 0 Å². The molecule has 0 radical (unpaired) electrons. The number of hydrogen-bond acceptors (Lipinski definition) is 5. The molecule has 5 nitrogen and oxygen atoms in total. The molecule has 1 rings (SSSR count). The Labute approximate surface area is 103 Å². The highest BCUT2D eigenvalue weighted by molar-refractivity contribution is 5.33. The second-order valence-electron chi connectivity index (χ2n) is 4.24. The SMILES string of the molecule is COc1cc(OC)nc(NCCCC(C)C)n1. The smallest absolute Gasteiger partial charge is 0.229 e. The van der Waals surface area contributed by atoms with Crippen LogP contribution in [0, 0.1) is 5.92 Å². The van der Waals surface area contributed by atoms with E-state index in [0.29, 0.717) is 17.7 Å². The third-order valence-electron chi connectivity index (χ3n) is 2.34. The van der Waals surface area contributed by atoms with Crippen LogP contribution in [-0.2, 0) is 0 Å². The van der Waals surface area contributed by atoms with Crippen LogP contribution in [0.3, 0.4) is 0 Å². The summed E-state index contributed by atoms with van der Waals surface area (Å²) in [6.45, 7) is 5.28. The first-order chi connectivity index (χ1) is 8.15. The lowest BCUT2D eigenvalue weighted by molar-refractivity contribution is 0.372. The van der Waals surface area contributed by atoms with Gasteiger partial charge in [0.1, 0.15) is 0 Å². The molecule has 17 heavy (non-hydrogen) atoms. The van der Waals surface area contributed by atoms with Crippen molar-refractivity contribution in [2.24, 2.45) is 5.92 Å². The van der Waals surface area contributed by atoms with E-state index in [1.54, 1.807) is 20.3 Å². The molecule has 1 aromatic rings. The maximum Gasteiger partial charge on any atom is 0.229 e. The Morgan fingerprint density at radius 1 is 1.18 bits per heavy atom. The molecule has 0 fully saturated rings. The van der Waals surface area contributed by atoms with Crippen molar-refractivity contribution in [2.45, 2.75) is 26.7 Å². The van der Waals surface area contributed by atoms with Gasteiger partial charge in [-0.3, -0.25) is 0 Å². The van der Waals surface area contributed by atoms with Crippen molar-refractivity contribution in [3.05, 3.63) is 6.07 Å². The average molecular weight is 239 g/mol. The minimum absolute atomic E-state index is 0.503. The van der Waals surface area contributed by atoms with Gasteiger partial charge < -0.3 is 14.8 Å². The largest absolute Gasteiger partial charge is 0.481 e. The van der Waals surface area contributed by atoms with Crippen LogP contribution in [-0.4, -0.2) is 30.7 Å². The van der Waals surface area contributed by atoms with Crippen molar-refractivity contribution in [2.75, 3.05) is 26.1 Å². The molecule has 0 atom stereocenters. The minimum Gasteiger partial charge on any atom is -0.481 e. The van der Waals surface area contributed by atoms with Crippen molar-refractivity contribution in [1.29, 1.82) is 0 Å². The van der Waals surface area contributed by atoms with E-state index in [2.05, 4.69) is 29.1 Å². The summed E-state index contributed by atoms with van der Waals surface area (Å²) in [5, 5.41) is 3.17. The summed E-state index contributed by atoms with van der Waals surface area (Å²) >= 11 is 0. The zero-order chi connectivity index (χ0) is 12.7. The molecule has 96 valence electrons. The number of anilines is 1. The molecule has 0 aliphatic heterocycles. The van der Waals surface area contributed by atoms with E-state index in [-0.39, 0.29) is 0 Å². The lowest BCUT2D eigenvalue weighted by atomic mass is 10.1. The Morgan fingerprint density at radius 2 is 1.76 bits per heavy atom. The van der Waals surface area contributed by atoms with Crippen molar-refractivity contribution >= 4 is 5.95 Å². The van der Waals surface area contributed by atoms with Gasteiger partial charge in [-0.25, -0.2) is 0 Å². The van der Waals surface area contributed by atoms with Crippen LogP contribution >= 0.6 is 0 Å². The lowest BCUT2D eigenvalue weighted by Crippen LogP contribution is -2.07. The van der Waals surface area contributed by atoms with E-state index < -0.39 is 0 Å². The van der Waals surface area contributed by atoms with Gasteiger partial charge in [-0.2, -0.15) is 9.97 Å². The fourth-order valence-corrected chi connectivity index (χ4v) is 1.40. The quantitative estimate of drug-likeness (QED) is 0.740. The molecule has 1 N–H and O–H groups in total. The van der Waals surface area contributed by atoms with Crippen molar-refractivity contribution in [3.63, 3.8) is 0 Å². The van der Waals surface area contributed by atoms with E-state index >= 15 is 0 Å². The third-order valence-corrected chi connectivity index (χ3v) is 2.34. The fourth-order valence-electron chi connectivity index (χ4n) is 1.40. The van der Waals surface area contributed by atoms with Gasteiger partial charge >= 0.3 is 0 Å². The highest BCUT2D eigenvalue weighted by atomic mass is 16.5. The molecule has 0 bridgehead atoms. The normalized spacial score (nSPS) is 10.4. The molecule has 0 aliphatic carbocycles. The zero-order valence-corrected chi connectivity index (χ0v) is 11.0. The molecule has 1 aromatic heterocycles. The van der Waals surface area contributed by atoms with Gasteiger partial charge in [0, 0.05) is 6.54 Å². The molecular formula is C12H21N3O2. The first kappa shape index (κ1) is 13.5. The van der Waals surface area contributed by atoms with Crippen LogP contribution in [0.4, 0.5) is 5.95 Å². The number of aromatic nitrogens is 2. The number of rotatable bonds is 7. The van der Waals surface area contributed by atoms with Crippen LogP contribution in [0.15, 0.2) is 6.07 Å². The molecule has 0 aromatic carbocycles. The maximum atomic E-state index is 5.07. The van der Waals surface area contributed by atoms with Gasteiger partial charge in [-0.1, -0.05) is 13.8 Å². The first-order valence-corrected chi connectivity index (χ1v) is 5.86. The summed E-state index contributed by atoms with van der Waals surface area (Å²) in [5.41, 5.74) is 0. The number of hydrogen-bond donors (Lipinski definition) is 1. The standard InChI is InChI=1S/C12H21N3O2/c1-9(2)6-5-7-13-12-14-10(16-3)8-11(15-12)17-4/h8-9H,5-7H2,1-4H3,(H,13,14,15). The fraction of sp³-hybridized carbons (Fsp3) is 0.667. The maximum absolute atomic E-state index is 5.07. The van der Waals surface area contributed by atoms with Gasteiger partial charge in [-0.15, -0.1) is 0 Å². The van der Waals surface area contributed by atoms with Crippen LogP contribution in [0.5, 0.6) is 11.8 Å². The molecular weight excluding hydrogens is 218 g/mol. The van der Waals surface area contributed by atoms with Gasteiger partial charge in [0.05, 0.1) is 20.3 Å². The molecule has 0 aliphatic rings. The van der Waals surface area contributed by atoms with E-state index in [1.165, 1.54) is 6.42 Å². The van der Waals surface area contributed by atoms with Crippen molar-refractivity contribution in [3.8, 4) is 11.8 Å². The van der Waals surface area contributed by atoms with E-state index in [0.717, 1.165) is 18.9 Å². The summed E-state index contributed by atoms with van der Waals surface area (Å²) in [4.78, 5) is 8.38. The van der Waals surface area contributed by atoms with Crippen molar-refractivity contribution < 1.29 is 9.47 Å². The summed E-state index contributed by atoms with van der Waals surface area (Å²) in [6.07, 6.45) is 2.29. The highest BCUT2D eigenvalue weighted by Gasteiger charge is 2.04. The van der Waals surface area contributed by atoms with E-state index in [4.69, 9.17) is 9.47 Å². The molecule has 0 amide bonds. The Morgan fingerprint density at radius 3 is 2.24 bits per heavy atom. The van der Waals surface area contributed by atoms with Gasteiger partial charge in [0.25, 0.3) is 0 Å². The molecule has 0 saturated heterocycles. The lowest BCUT2D eigenvalue weighted by Gasteiger charge is -2.09. The monoisotopic (exact) mass is 239 g/mol.